The van der Waals surface area contributed by atoms with Gasteiger partial charge in [0, 0.05) is 0 Å². The van der Waals surface area contributed by atoms with Gasteiger partial charge < -0.3 is 14.6 Å². The molecule has 160 valence electrons. The SMILES string of the molecule is COc1cc(/C=N\NC(=O)Cc2ccc(O)cc2)ccc1OCc1cc(C)ccc1C. The van der Waals surface area contributed by atoms with Gasteiger partial charge in [-0.2, -0.15) is 5.10 Å². The van der Waals surface area contributed by atoms with Crippen molar-refractivity contribution in [3.05, 3.63) is 88.5 Å². The molecule has 0 fully saturated rings. The van der Waals surface area contributed by atoms with Gasteiger partial charge in [0.1, 0.15) is 12.4 Å². The van der Waals surface area contributed by atoms with Crippen LogP contribution in [0.1, 0.15) is 27.8 Å². The van der Waals surface area contributed by atoms with Crippen LogP contribution in [0.4, 0.5) is 0 Å². The lowest BCUT2D eigenvalue weighted by atomic mass is 10.1. The molecular weight excluding hydrogens is 392 g/mol. The van der Waals surface area contributed by atoms with Gasteiger partial charge in [-0.3, -0.25) is 4.79 Å². The zero-order chi connectivity index (χ0) is 22.2. The third-order valence-electron chi connectivity index (χ3n) is 4.78. The summed E-state index contributed by atoms with van der Waals surface area (Å²) in [6, 6.07) is 18.2. The number of rotatable bonds is 8. The topological polar surface area (TPSA) is 80.2 Å². The molecule has 0 bridgehead atoms. The van der Waals surface area contributed by atoms with E-state index < -0.39 is 0 Å². The highest BCUT2D eigenvalue weighted by Crippen LogP contribution is 2.28. The summed E-state index contributed by atoms with van der Waals surface area (Å²) in [6.07, 6.45) is 1.72. The summed E-state index contributed by atoms with van der Waals surface area (Å²) in [5, 5.41) is 13.3. The minimum atomic E-state index is -0.248. The fourth-order valence-electron chi connectivity index (χ4n) is 3.01. The minimum absolute atomic E-state index is 0.164. The number of benzene rings is 3. The number of phenolic OH excluding ortho intramolecular Hbond substituents is 1. The second kappa shape index (κ2) is 10.3. The van der Waals surface area contributed by atoms with Gasteiger partial charge in [-0.25, -0.2) is 5.43 Å². The van der Waals surface area contributed by atoms with Crippen molar-refractivity contribution >= 4 is 12.1 Å². The Balaban J connectivity index is 1.59. The molecule has 3 aromatic carbocycles. The smallest absolute Gasteiger partial charge is 0.244 e. The van der Waals surface area contributed by atoms with Crippen LogP contribution in [-0.4, -0.2) is 24.3 Å². The molecular formula is C25H26N2O4. The maximum absolute atomic E-state index is 12.0. The van der Waals surface area contributed by atoms with E-state index in [1.807, 2.05) is 12.1 Å². The van der Waals surface area contributed by atoms with E-state index in [-0.39, 0.29) is 18.1 Å². The van der Waals surface area contributed by atoms with Crippen LogP contribution in [0.5, 0.6) is 17.2 Å². The molecule has 0 spiro atoms. The summed E-state index contributed by atoms with van der Waals surface area (Å²) in [4.78, 5) is 12.0. The zero-order valence-corrected chi connectivity index (χ0v) is 17.9. The highest BCUT2D eigenvalue weighted by atomic mass is 16.5. The van der Waals surface area contributed by atoms with Gasteiger partial charge in [-0.15, -0.1) is 0 Å². The van der Waals surface area contributed by atoms with Crippen molar-refractivity contribution < 1.29 is 19.4 Å². The van der Waals surface area contributed by atoms with E-state index >= 15 is 0 Å². The monoisotopic (exact) mass is 418 g/mol. The first-order valence-electron chi connectivity index (χ1n) is 9.91. The number of hydrogen-bond acceptors (Lipinski definition) is 5. The lowest BCUT2D eigenvalue weighted by Crippen LogP contribution is -2.19. The number of amides is 1. The number of hydrazone groups is 1. The van der Waals surface area contributed by atoms with Crippen LogP contribution in [0.2, 0.25) is 0 Å². The molecule has 1 amide bonds. The van der Waals surface area contributed by atoms with Crippen LogP contribution in [0.25, 0.3) is 0 Å². The van der Waals surface area contributed by atoms with Gasteiger partial charge in [0.15, 0.2) is 11.5 Å². The maximum Gasteiger partial charge on any atom is 0.244 e. The van der Waals surface area contributed by atoms with E-state index in [0.717, 1.165) is 16.7 Å². The number of hydrogen-bond donors (Lipinski definition) is 2. The number of methoxy groups -OCH3 is 1. The van der Waals surface area contributed by atoms with Crippen LogP contribution in [0.15, 0.2) is 65.8 Å². The molecule has 0 aliphatic rings. The predicted molar refractivity (Wildman–Crippen MR) is 121 cm³/mol. The van der Waals surface area contributed by atoms with E-state index in [0.29, 0.717) is 18.1 Å². The van der Waals surface area contributed by atoms with E-state index in [2.05, 4.69) is 42.6 Å². The molecule has 2 N–H and O–H groups in total. The Morgan fingerprint density at radius 1 is 1.03 bits per heavy atom. The Kier molecular flexibility index (Phi) is 7.27. The van der Waals surface area contributed by atoms with Gasteiger partial charge in [-0.1, -0.05) is 35.9 Å². The minimum Gasteiger partial charge on any atom is -0.508 e. The Hall–Kier alpha value is -3.80. The number of nitrogens with one attached hydrogen (secondary N) is 1. The first-order chi connectivity index (χ1) is 14.9. The number of aromatic hydroxyl groups is 1. The average molecular weight is 418 g/mol. The molecule has 6 nitrogen and oxygen atoms in total. The normalized spacial score (nSPS) is 10.8. The number of carbonyl (C=O) groups excluding carboxylic acids is 1. The molecule has 0 aliphatic heterocycles. The van der Waals surface area contributed by atoms with Gasteiger partial charge in [-0.05, 0) is 66.4 Å². The Bertz CT molecular complexity index is 1080. The summed E-state index contributed by atoms with van der Waals surface area (Å²) >= 11 is 0. The molecule has 3 aromatic rings. The summed E-state index contributed by atoms with van der Waals surface area (Å²) in [5.74, 6) is 1.14. The number of ether oxygens (including phenoxy) is 2. The first kappa shape index (κ1) is 21.9. The van der Waals surface area contributed by atoms with Crippen LogP contribution in [-0.2, 0) is 17.8 Å². The van der Waals surface area contributed by atoms with E-state index in [4.69, 9.17) is 9.47 Å². The Morgan fingerprint density at radius 3 is 2.55 bits per heavy atom. The summed E-state index contributed by atoms with van der Waals surface area (Å²) in [6.45, 7) is 4.57. The van der Waals surface area contributed by atoms with Gasteiger partial charge in [0.2, 0.25) is 5.91 Å². The Labute approximate surface area is 182 Å². The van der Waals surface area contributed by atoms with Crippen molar-refractivity contribution in [3.63, 3.8) is 0 Å². The molecule has 0 unspecified atom stereocenters. The summed E-state index contributed by atoms with van der Waals surface area (Å²) in [5.41, 5.74) is 7.55. The molecule has 31 heavy (non-hydrogen) atoms. The standard InChI is InChI=1S/C25H26N2O4/c1-17-4-5-18(2)21(12-17)16-31-23-11-8-20(13-24(23)30-3)15-26-27-25(29)14-19-6-9-22(28)10-7-19/h4-13,15,28H,14,16H2,1-3H3,(H,27,29)/b26-15-. The quantitative estimate of drug-likeness (QED) is 0.422. The molecule has 0 atom stereocenters. The fraction of sp³-hybridized carbons (Fsp3) is 0.200. The third kappa shape index (κ3) is 6.34. The second-order valence-corrected chi connectivity index (χ2v) is 7.27. The lowest BCUT2D eigenvalue weighted by molar-refractivity contribution is -0.120. The van der Waals surface area contributed by atoms with Crippen LogP contribution < -0.4 is 14.9 Å². The van der Waals surface area contributed by atoms with Crippen LogP contribution in [0, 0.1) is 13.8 Å². The molecule has 0 heterocycles. The fourth-order valence-corrected chi connectivity index (χ4v) is 3.01. The highest BCUT2D eigenvalue weighted by molar-refractivity contribution is 5.84. The van der Waals surface area contributed by atoms with Crippen molar-refractivity contribution in [2.45, 2.75) is 26.9 Å². The van der Waals surface area contributed by atoms with Crippen molar-refractivity contribution in [1.82, 2.24) is 5.43 Å². The van der Waals surface area contributed by atoms with Gasteiger partial charge in [0.25, 0.3) is 0 Å². The summed E-state index contributed by atoms with van der Waals surface area (Å²) < 4.78 is 11.4. The molecule has 6 heteroatoms. The zero-order valence-electron chi connectivity index (χ0n) is 17.9. The average Bonchev–Trinajstić information content (AvgIpc) is 2.76. The Morgan fingerprint density at radius 2 is 1.81 bits per heavy atom. The van der Waals surface area contributed by atoms with Gasteiger partial charge >= 0.3 is 0 Å². The maximum atomic E-state index is 12.0. The van der Waals surface area contributed by atoms with Crippen molar-refractivity contribution in [2.75, 3.05) is 7.11 Å². The van der Waals surface area contributed by atoms with Crippen molar-refractivity contribution in [2.24, 2.45) is 5.10 Å². The largest absolute Gasteiger partial charge is 0.508 e. The van der Waals surface area contributed by atoms with Crippen molar-refractivity contribution in [1.29, 1.82) is 0 Å². The van der Waals surface area contributed by atoms with Crippen LogP contribution in [0.3, 0.4) is 0 Å². The first-order valence-corrected chi connectivity index (χ1v) is 9.91. The molecule has 3 rings (SSSR count). The van der Waals surface area contributed by atoms with Gasteiger partial charge in [0.05, 0.1) is 19.7 Å². The number of carbonyl (C=O) groups is 1. The molecule has 0 saturated heterocycles. The summed E-state index contributed by atoms with van der Waals surface area (Å²) in [7, 11) is 1.58. The molecule has 0 aliphatic carbocycles. The van der Waals surface area contributed by atoms with E-state index in [1.54, 1.807) is 43.7 Å². The van der Waals surface area contributed by atoms with Crippen LogP contribution >= 0.6 is 0 Å². The molecule has 0 radical (unpaired) electrons. The lowest BCUT2D eigenvalue weighted by Gasteiger charge is -2.13. The highest BCUT2D eigenvalue weighted by Gasteiger charge is 2.07. The number of phenols is 1. The number of aryl methyl sites for hydroxylation is 2. The molecule has 0 aromatic heterocycles. The van der Waals surface area contributed by atoms with Crippen molar-refractivity contribution in [3.8, 4) is 17.2 Å². The third-order valence-corrected chi connectivity index (χ3v) is 4.78. The van der Waals surface area contributed by atoms with E-state index in [9.17, 15) is 9.90 Å². The second-order valence-electron chi connectivity index (χ2n) is 7.27. The predicted octanol–water partition coefficient (Wildman–Crippen LogP) is 4.29. The van der Waals surface area contributed by atoms with E-state index in [1.165, 1.54) is 11.1 Å². The number of nitrogens with zero attached hydrogens (tertiary/aromatic N) is 1. The molecule has 0 saturated carbocycles.